The van der Waals surface area contributed by atoms with Gasteiger partial charge in [0.05, 0.1) is 13.0 Å². The summed E-state index contributed by atoms with van der Waals surface area (Å²) in [6, 6.07) is 10.9. The number of benzene rings is 1. The van der Waals surface area contributed by atoms with E-state index in [1.165, 1.54) is 6.20 Å². The molecule has 120 valence electrons. The molecule has 2 aromatic rings. The van der Waals surface area contributed by atoms with Crippen LogP contribution < -0.4 is 0 Å². The third kappa shape index (κ3) is 4.92. The molecule has 0 aliphatic carbocycles. The first-order valence-electron chi connectivity index (χ1n) is 7.41. The van der Waals surface area contributed by atoms with E-state index < -0.39 is 18.0 Å². The van der Waals surface area contributed by atoms with E-state index in [-0.39, 0.29) is 13.0 Å². The number of nitrogens with zero attached hydrogens (tertiary/aromatic N) is 1. The van der Waals surface area contributed by atoms with Gasteiger partial charge in [-0.05, 0) is 25.5 Å². The summed E-state index contributed by atoms with van der Waals surface area (Å²) in [5, 5.41) is 0. The second-order valence-corrected chi connectivity index (χ2v) is 5.07. The molecule has 0 fully saturated rings. The Labute approximate surface area is 135 Å². The molecule has 0 amide bonds. The smallest absolute Gasteiger partial charge is 0.352 e. The normalized spacial score (nSPS) is 11.6. The minimum atomic E-state index is -1.10. The summed E-state index contributed by atoms with van der Waals surface area (Å²) in [6.07, 6.45) is 2.07. The largest absolute Gasteiger partial charge is 0.463 e. The number of pyridine rings is 1. The maximum Gasteiger partial charge on any atom is 0.352 e. The van der Waals surface area contributed by atoms with Gasteiger partial charge in [-0.2, -0.15) is 0 Å². The first-order valence-corrected chi connectivity index (χ1v) is 7.41. The van der Waals surface area contributed by atoms with Crippen molar-refractivity contribution in [1.29, 1.82) is 0 Å². The molecule has 1 atom stereocenters. The number of rotatable bonds is 6. The van der Waals surface area contributed by atoms with E-state index in [0.29, 0.717) is 5.56 Å². The zero-order valence-electron chi connectivity index (χ0n) is 13.2. The Morgan fingerprint density at radius 3 is 2.70 bits per heavy atom. The van der Waals surface area contributed by atoms with Crippen molar-refractivity contribution in [2.24, 2.45) is 0 Å². The lowest BCUT2D eigenvalue weighted by molar-refractivity contribution is -0.167. The van der Waals surface area contributed by atoms with Crippen LogP contribution in [0.5, 0.6) is 0 Å². The topological polar surface area (TPSA) is 65.5 Å². The molecule has 0 radical (unpaired) electrons. The van der Waals surface area contributed by atoms with Crippen LogP contribution in [0.1, 0.15) is 29.7 Å². The van der Waals surface area contributed by atoms with E-state index in [1.807, 2.05) is 31.2 Å². The van der Waals surface area contributed by atoms with Crippen LogP contribution >= 0.6 is 0 Å². The van der Waals surface area contributed by atoms with E-state index in [1.54, 1.807) is 25.3 Å². The van der Waals surface area contributed by atoms with Gasteiger partial charge in [-0.3, -0.25) is 9.78 Å². The van der Waals surface area contributed by atoms with E-state index in [9.17, 15) is 9.59 Å². The fraction of sp³-hybridized carbons (Fsp3) is 0.278. The van der Waals surface area contributed by atoms with Gasteiger partial charge in [0.25, 0.3) is 0 Å². The van der Waals surface area contributed by atoms with Crippen LogP contribution in [0.15, 0.2) is 48.8 Å². The summed E-state index contributed by atoms with van der Waals surface area (Å²) in [6.45, 7) is 3.86. The summed E-state index contributed by atoms with van der Waals surface area (Å²) < 4.78 is 10.3. The lowest BCUT2D eigenvalue weighted by atomic mass is 10.1. The highest BCUT2D eigenvalue weighted by Crippen LogP contribution is 2.19. The predicted octanol–water partition coefficient (Wildman–Crippen LogP) is 2.78. The van der Waals surface area contributed by atoms with Crippen molar-refractivity contribution in [2.45, 2.75) is 26.4 Å². The molecule has 1 aromatic heterocycles. The van der Waals surface area contributed by atoms with Gasteiger partial charge in [0.15, 0.2) is 0 Å². The molecule has 5 heteroatoms. The quantitative estimate of drug-likeness (QED) is 0.767. The average Bonchev–Trinajstić information content (AvgIpc) is 2.53. The van der Waals surface area contributed by atoms with Gasteiger partial charge in [-0.25, -0.2) is 4.79 Å². The number of carbonyl (C=O) groups excluding carboxylic acids is 2. The van der Waals surface area contributed by atoms with Gasteiger partial charge in [-0.1, -0.05) is 35.9 Å². The number of hydrogen-bond donors (Lipinski definition) is 0. The molecule has 0 saturated carbocycles. The second kappa shape index (κ2) is 8.08. The van der Waals surface area contributed by atoms with E-state index in [4.69, 9.17) is 9.47 Å². The first kappa shape index (κ1) is 16.7. The van der Waals surface area contributed by atoms with Crippen LogP contribution in [0.2, 0.25) is 0 Å². The zero-order valence-corrected chi connectivity index (χ0v) is 13.2. The van der Waals surface area contributed by atoms with Crippen molar-refractivity contribution in [3.05, 3.63) is 65.5 Å². The highest BCUT2D eigenvalue weighted by molar-refractivity contribution is 5.81. The molecule has 23 heavy (non-hydrogen) atoms. The van der Waals surface area contributed by atoms with Crippen molar-refractivity contribution in [3.8, 4) is 0 Å². The highest BCUT2D eigenvalue weighted by atomic mass is 16.6. The molecule has 0 unspecified atom stereocenters. The monoisotopic (exact) mass is 313 g/mol. The van der Waals surface area contributed by atoms with Crippen LogP contribution in [-0.4, -0.2) is 23.5 Å². The van der Waals surface area contributed by atoms with Crippen LogP contribution in [0.25, 0.3) is 0 Å². The number of esters is 2. The Hall–Kier alpha value is -2.69. The number of hydrogen-bond acceptors (Lipinski definition) is 5. The standard InChI is InChI=1S/C18H19NO4/c1-3-22-18(21)17(15-8-5-9-19-12-15)23-16(20)11-14-7-4-6-13(2)10-14/h4-10,12,17H,3,11H2,1-2H3/t17-/m1/s1. The number of aromatic nitrogens is 1. The molecular formula is C18H19NO4. The number of aryl methyl sites for hydroxylation is 1. The first-order chi connectivity index (χ1) is 11.1. The third-order valence-corrected chi connectivity index (χ3v) is 3.17. The molecule has 0 aliphatic heterocycles. The number of ether oxygens (including phenoxy) is 2. The van der Waals surface area contributed by atoms with Gasteiger partial charge in [0, 0.05) is 18.0 Å². The van der Waals surface area contributed by atoms with Crippen LogP contribution in [0, 0.1) is 6.92 Å². The molecule has 0 bridgehead atoms. The zero-order chi connectivity index (χ0) is 16.7. The van der Waals surface area contributed by atoms with E-state index in [2.05, 4.69) is 4.98 Å². The van der Waals surface area contributed by atoms with Crippen LogP contribution in [-0.2, 0) is 25.5 Å². The maximum absolute atomic E-state index is 12.2. The van der Waals surface area contributed by atoms with Crippen LogP contribution in [0.4, 0.5) is 0 Å². The molecule has 2 rings (SSSR count). The average molecular weight is 313 g/mol. The summed E-state index contributed by atoms with van der Waals surface area (Å²) >= 11 is 0. The van der Waals surface area contributed by atoms with Gasteiger partial charge < -0.3 is 9.47 Å². The molecule has 0 spiro atoms. The molecule has 1 heterocycles. The minimum absolute atomic E-state index is 0.0951. The highest BCUT2D eigenvalue weighted by Gasteiger charge is 2.26. The third-order valence-electron chi connectivity index (χ3n) is 3.17. The fourth-order valence-corrected chi connectivity index (χ4v) is 2.16. The van der Waals surface area contributed by atoms with Gasteiger partial charge >= 0.3 is 11.9 Å². The fourth-order valence-electron chi connectivity index (χ4n) is 2.16. The second-order valence-electron chi connectivity index (χ2n) is 5.07. The number of carbonyl (C=O) groups is 2. The van der Waals surface area contributed by atoms with Crippen molar-refractivity contribution in [1.82, 2.24) is 4.98 Å². The molecule has 0 saturated heterocycles. The molecule has 1 aromatic carbocycles. The lowest BCUT2D eigenvalue weighted by Crippen LogP contribution is -2.23. The van der Waals surface area contributed by atoms with Crippen LogP contribution in [0.3, 0.4) is 0 Å². The van der Waals surface area contributed by atoms with Gasteiger partial charge in [0.2, 0.25) is 6.10 Å². The summed E-state index contributed by atoms with van der Waals surface area (Å²) in [7, 11) is 0. The predicted molar refractivity (Wildman–Crippen MR) is 84.6 cm³/mol. The van der Waals surface area contributed by atoms with Crippen molar-refractivity contribution in [3.63, 3.8) is 0 Å². The summed E-state index contributed by atoms with van der Waals surface area (Å²) in [4.78, 5) is 28.2. The maximum atomic E-state index is 12.2. The van der Waals surface area contributed by atoms with Crippen molar-refractivity contribution < 1.29 is 19.1 Å². The Morgan fingerprint density at radius 2 is 2.04 bits per heavy atom. The summed E-state index contributed by atoms with van der Waals surface area (Å²) in [5.41, 5.74) is 2.39. The Bertz CT molecular complexity index is 670. The Morgan fingerprint density at radius 1 is 1.22 bits per heavy atom. The van der Waals surface area contributed by atoms with Gasteiger partial charge in [0.1, 0.15) is 0 Å². The van der Waals surface area contributed by atoms with Crippen molar-refractivity contribution in [2.75, 3.05) is 6.61 Å². The molecule has 0 N–H and O–H groups in total. The Kier molecular flexibility index (Phi) is 5.86. The van der Waals surface area contributed by atoms with E-state index in [0.717, 1.165) is 11.1 Å². The molecule has 0 aliphatic rings. The van der Waals surface area contributed by atoms with E-state index >= 15 is 0 Å². The Balaban J connectivity index is 2.11. The SMILES string of the molecule is CCOC(=O)[C@H](OC(=O)Cc1cccc(C)c1)c1cccnc1. The minimum Gasteiger partial charge on any atom is -0.463 e. The molecule has 5 nitrogen and oxygen atoms in total. The van der Waals surface area contributed by atoms with Crippen molar-refractivity contribution >= 4 is 11.9 Å². The van der Waals surface area contributed by atoms with Gasteiger partial charge in [-0.15, -0.1) is 0 Å². The molecular weight excluding hydrogens is 294 g/mol. The lowest BCUT2D eigenvalue weighted by Gasteiger charge is -2.16. The summed E-state index contributed by atoms with van der Waals surface area (Å²) in [5.74, 6) is -1.09.